The maximum absolute atomic E-state index is 12.4. The highest BCUT2D eigenvalue weighted by Gasteiger charge is 2.31. The number of amides is 3. The normalized spacial score (nSPS) is 16.3. The Balaban J connectivity index is 1.38. The van der Waals surface area contributed by atoms with E-state index in [1.54, 1.807) is 4.90 Å². The van der Waals surface area contributed by atoms with Gasteiger partial charge in [0.05, 0.1) is 22.9 Å². The monoisotopic (exact) mass is 410 g/mol. The number of carbonyl (C=O) groups excluding carboxylic acids is 2. The lowest BCUT2D eigenvalue weighted by atomic mass is 10.2. The van der Waals surface area contributed by atoms with E-state index in [0.29, 0.717) is 18.3 Å². The van der Waals surface area contributed by atoms with Crippen molar-refractivity contribution in [3.63, 3.8) is 0 Å². The number of thiazole rings is 1. The molecular formula is C21H22N4O3S. The van der Waals surface area contributed by atoms with Gasteiger partial charge in [-0.15, -0.1) is 0 Å². The Labute approximate surface area is 172 Å². The largest absolute Gasteiger partial charge is 0.494 e. The number of ether oxygens (including phenoxy) is 1. The van der Waals surface area contributed by atoms with Crippen LogP contribution < -0.4 is 20.3 Å². The number of hydrogen-bond donors (Lipinski definition) is 2. The van der Waals surface area contributed by atoms with Gasteiger partial charge in [-0.2, -0.15) is 0 Å². The van der Waals surface area contributed by atoms with E-state index in [4.69, 9.17) is 4.74 Å². The Morgan fingerprint density at radius 3 is 2.83 bits per heavy atom. The Hall–Kier alpha value is -3.13. The van der Waals surface area contributed by atoms with Gasteiger partial charge in [0, 0.05) is 18.7 Å². The van der Waals surface area contributed by atoms with Gasteiger partial charge < -0.3 is 15.0 Å². The zero-order valence-electron chi connectivity index (χ0n) is 16.3. The van der Waals surface area contributed by atoms with Crippen LogP contribution in [0.3, 0.4) is 0 Å². The van der Waals surface area contributed by atoms with Gasteiger partial charge in [-0.1, -0.05) is 29.0 Å². The topological polar surface area (TPSA) is 83.6 Å². The third-order valence-corrected chi connectivity index (χ3v) is 5.63. The number of aromatic nitrogens is 1. The van der Waals surface area contributed by atoms with Crippen LogP contribution >= 0.6 is 11.3 Å². The maximum atomic E-state index is 12.4. The number of fused-ring (bicyclic) bond motifs is 1. The molecule has 2 heterocycles. The van der Waals surface area contributed by atoms with Crippen molar-refractivity contribution in [2.45, 2.75) is 26.3 Å². The van der Waals surface area contributed by atoms with E-state index < -0.39 is 0 Å². The van der Waals surface area contributed by atoms with Crippen molar-refractivity contribution in [1.82, 2.24) is 10.3 Å². The summed E-state index contributed by atoms with van der Waals surface area (Å²) < 4.78 is 6.44. The highest BCUT2D eigenvalue weighted by atomic mass is 32.1. The molecule has 0 bridgehead atoms. The second-order valence-electron chi connectivity index (χ2n) is 6.92. The SMILES string of the molecule is CCOc1ccc2nc(NC(=O)N[C@H]3CC(=O)N(c4ccc(C)cc4)C3)sc2c1. The molecule has 1 saturated heterocycles. The first-order valence-electron chi connectivity index (χ1n) is 9.50. The Kier molecular flexibility index (Phi) is 5.35. The molecule has 4 rings (SSSR count). The van der Waals surface area contributed by atoms with Crippen molar-refractivity contribution in [1.29, 1.82) is 0 Å². The lowest BCUT2D eigenvalue weighted by Crippen LogP contribution is -2.39. The van der Waals surface area contributed by atoms with E-state index >= 15 is 0 Å². The fourth-order valence-electron chi connectivity index (χ4n) is 3.31. The molecule has 3 amide bonds. The number of urea groups is 1. The van der Waals surface area contributed by atoms with Crippen LogP contribution in [0.15, 0.2) is 42.5 Å². The molecule has 3 aromatic rings. The molecule has 1 atom stereocenters. The molecule has 29 heavy (non-hydrogen) atoms. The first-order chi connectivity index (χ1) is 14.0. The molecule has 1 aliphatic rings. The van der Waals surface area contributed by atoms with Crippen LogP contribution in [-0.2, 0) is 4.79 Å². The number of anilines is 2. The third kappa shape index (κ3) is 4.32. The van der Waals surface area contributed by atoms with E-state index in [-0.39, 0.29) is 24.4 Å². The second kappa shape index (κ2) is 8.08. The average Bonchev–Trinajstić information content (AvgIpc) is 3.24. The molecule has 1 aromatic heterocycles. The summed E-state index contributed by atoms with van der Waals surface area (Å²) in [4.78, 5) is 30.9. The summed E-state index contributed by atoms with van der Waals surface area (Å²) in [5.41, 5.74) is 2.79. The lowest BCUT2D eigenvalue weighted by Gasteiger charge is -2.17. The molecule has 0 saturated carbocycles. The van der Waals surface area contributed by atoms with E-state index in [1.807, 2.05) is 56.3 Å². The zero-order valence-corrected chi connectivity index (χ0v) is 17.1. The molecule has 8 heteroatoms. The molecule has 150 valence electrons. The van der Waals surface area contributed by atoms with Crippen LogP contribution in [0.5, 0.6) is 5.75 Å². The predicted octanol–water partition coefficient (Wildman–Crippen LogP) is 3.93. The second-order valence-corrected chi connectivity index (χ2v) is 7.95. The van der Waals surface area contributed by atoms with Crippen LogP contribution in [-0.4, -0.2) is 36.1 Å². The van der Waals surface area contributed by atoms with Crippen LogP contribution in [0.1, 0.15) is 18.9 Å². The minimum absolute atomic E-state index is 0.00240. The summed E-state index contributed by atoms with van der Waals surface area (Å²) in [6.45, 7) is 4.98. The van der Waals surface area contributed by atoms with Crippen LogP contribution in [0, 0.1) is 6.92 Å². The molecule has 0 unspecified atom stereocenters. The number of hydrogen-bond acceptors (Lipinski definition) is 5. The quantitative estimate of drug-likeness (QED) is 0.668. The van der Waals surface area contributed by atoms with Gasteiger partial charge in [-0.3, -0.25) is 10.1 Å². The summed E-state index contributed by atoms with van der Waals surface area (Å²) in [5, 5.41) is 6.15. The molecule has 2 N–H and O–H groups in total. The fourth-order valence-corrected chi connectivity index (χ4v) is 4.20. The van der Waals surface area contributed by atoms with E-state index in [1.165, 1.54) is 11.3 Å². The number of nitrogens with zero attached hydrogens (tertiary/aromatic N) is 2. The number of aryl methyl sites for hydroxylation is 1. The van der Waals surface area contributed by atoms with Crippen LogP contribution in [0.25, 0.3) is 10.2 Å². The minimum atomic E-state index is -0.363. The Morgan fingerprint density at radius 1 is 1.28 bits per heavy atom. The van der Waals surface area contributed by atoms with Gasteiger partial charge in [-0.05, 0) is 44.2 Å². The maximum Gasteiger partial charge on any atom is 0.321 e. The highest BCUT2D eigenvalue weighted by molar-refractivity contribution is 7.22. The fraction of sp³-hybridized carbons (Fsp3) is 0.286. The van der Waals surface area contributed by atoms with Gasteiger partial charge in [0.2, 0.25) is 5.91 Å². The molecule has 0 aliphatic carbocycles. The van der Waals surface area contributed by atoms with Crippen molar-refractivity contribution in [2.24, 2.45) is 0 Å². The summed E-state index contributed by atoms with van der Waals surface area (Å²) in [7, 11) is 0. The third-order valence-electron chi connectivity index (χ3n) is 4.70. The number of carbonyl (C=O) groups is 2. The Morgan fingerprint density at radius 2 is 2.07 bits per heavy atom. The van der Waals surface area contributed by atoms with Gasteiger partial charge in [0.1, 0.15) is 5.75 Å². The summed E-state index contributed by atoms with van der Waals surface area (Å²) in [5.74, 6) is 0.780. The lowest BCUT2D eigenvalue weighted by molar-refractivity contribution is -0.117. The zero-order chi connectivity index (χ0) is 20.4. The van der Waals surface area contributed by atoms with Crippen molar-refractivity contribution < 1.29 is 14.3 Å². The van der Waals surface area contributed by atoms with Crippen molar-refractivity contribution in [3.05, 3.63) is 48.0 Å². The summed E-state index contributed by atoms with van der Waals surface area (Å²) in [6, 6.07) is 12.8. The highest BCUT2D eigenvalue weighted by Crippen LogP contribution is 2.29. The van der Waals surface area contributed by atoms with E-state index in [2.05, 4.69) is 15.6 Å². The van der Waals surface area contributed by atoms with Crippen molar-refractivity contribution >= 4 is 44.3 Å². The molecule has 0 radical (unpaired) electrons. The molecule has 1 aliphatic heterocycles. The van der Waals surface area contributed by atoms with E-state index in [9.17, 15) is 9.59 Å². The molecule has 1 fully saturated rings. The van der Waals surface area contributed by atoms with Crippen LogP contribution in [0.2, 0.25) is 0 Å². The number of rotatable bonds is 5. The molecular weight excluding hydrogens is 388 g/mol. The van der Waals surface area contributed by atoms with Gasteiger partial charge in [-0.25, -0.2) is 9.78 Å². The number of benzene rings is 2. The molecule has 0 spiro atoms. The number of nitrogens with one attached hydrogen (secondary N) is 2. The minimum Gasteiger partial charge on any atom is -0.494 e. The van der Waals surface area contributed by atoms with Gasteiger partial charge >= 0.3 is 6.03 Å². The van der Waals surface area contributed by atoms with Gasteiger partial charge in [0.25, 0.3) is 0 Å². The van der Waals surface area contributed by atoms with Gasteiger partial charge in [0.15, 0.2) is 5.13 Å². The first-order valence-corrected chi connectivity index (χ1v) is 10.3. The Bertz CT molecular complexity index is 1050. The predicted molar refractivity (Wildman–Crippen MR) is 115 cm³/mol. The standard InChI is InChI=1S/C21H22N4O3S/c1-3-28-16-8-9-17-18(11-16)29-21(23-17)24-20(27)22-14-10-19(26)25(12-14)15-6-4-13(2)5-7-15/h4-9,11,14H,3,10,12H2,1-2H3,(H2,22,23,24,27)/t14-/m0/s1. The summed E-state index contributed by atoms with van der Waals surface area (Å²) >= 11 is 1.38. The van der Waals surface area contributed by atoms with Crippen molar-refractivity contribution in [2.75, 3.05) is 23.4 Å². The molecule has 2 aromatic carbocycles. The van der Waals surface area contributed by atoms with Crippen molar-refractivity contribution in [3.8, 4) is 5.75 Å². The smallest absolute Gasteiger partial charge is 0.321 e. The molecule has 7 nitrogen and oxygen atoms in total. The average molecular weight is 410 g/mol. The van der Waals surface area contributed by atoms with Crippen LogP contribution in [0.4, 0.5) is 15.6 Å². The van der Waals surface area contributed by atoms with E-state index in [0.717, 1.165) is 27.2 Å². The summed E-state index contributed by atoms with van der Waals surface area (Å²) in [6.07, 6.45) is 0.277. The first kappa shape index (κ1) is 19.2.